The second-order valence-corrected chi connectivity index (χ2v) is 8.34. The number of anilines is 1. The summed E-state index contributed by atoms with van der Waals surface area (Å²) in [6.07, 6.45) is 0.425. The van der Waals surface area contributed by atoms with Gasteiger partial charge in [-0.3, -0.25) is 9.69 Å². The monoisotopic (exact) mass is 441 g/mol. The summed E-state index contributed by atoms with van der Waals surface area (Å²) in [5.74, 6) is -0.159. The molecule has 1 aliphatic rings. The fourth-order valence-electron chi connectivity index (χ4n) is 4.28. The van der Waals surface area contributed by atoms with Crippen LogP contribution in [0.25, 0.3) is 0 Å². The van der Waals surface area contributed by atoms with Crippen molar-refractivity contribution in [3.05, 3.63) is 57.5 Å². The zero-order chi connectivity index (χ0) is 23.3. The SMILES string of the molecule is CCN(CC)c1ccc(CN2CCc3c(C(=O)OC)c(OC(C)C)cc(=O)n3CC2)cc1. The number of hydrogen-bond acceptors (Lipinski definition) is 6. The number of ether oxygens (including phenoxy) is 2. The van der Waals surface area contributed by atoms with Crippen LogP contribution < -0.4 is 15.2 Å². The van der Waals surface area contributed by atoms with Crippen LogP contribution >= 0.6 is 0 Å². The van der Waals surface area contributed by atoms with Gasteiger partial charge in [-0.1, -0.05) is 12.1 Å². The van der Waals surface area contributed by atoms with Crippen LogP contribution in [0.5, 0.6) is 5.75 Å². The molecule has 0 bridgehead atoms. The van der Waals surface area contributed by atoms with Gasteiger partial charge in [0, 0.05) is 63.1 Å². The molecule has 32 heavy (non-hydrogen) atoms. The highest BCUT2D eigenvalue weighted by Gasteiger charge is 2.26. The van der Waals surface area contributed by atoms with Gasteiger partial charge in [0.15, 0.2) is 0 Å². The summed E-state index contributed by atoms with van der Waals surface area (Å²) in [5, 5.41) is 0. The number of aromatic nitrogens is 1. The quantitative estimate of drug-likeness (QED) is 0.586. The first-order valence-corrected chi connectivity index (χ1v) is 11.5. The Kier molecular flexibility index (Phi) is 7.96. The summed E-state index contributed by atoms with van der Waals surface area (Å²) in [6.45, 7) is 12.8. The average Bonchev–Trinajstić information content (AvgIpc) is 2.98. The third-order valence-corrected chi connectivity index (χ3v) is 5.91. The van der Waals surface area contributed by atoms with Crippen molar-refractivity contribution >= 4 is 11.7 Å². The molecule has 2 aromatic rings. The van der Waals surface area contributed by atoms with E-state index in [1.807, 2.05) is 13.8 Å². The molecule has 0 unspecified atom stereocenters. The minimum atomic E-state index is -0.468. The van der Waals surface area contributed by atoms with E-state index in [0.717, 1.165) is 32.7 Å². The number of nitrogens with zero attached hydrogens (tertiary/aromatic N) is 3. The summed E-state index contributed by atoms with van der Waals surface area (Å²) in [5.41, 5.74) is 3.38. The first-order valence-electron chi connectivity index (χ1n) is 11.5. The zero-order valence-electron chi connectivity index (χ0n) is 19.9. The van der Waals surface area contributed by atoms with Crippen LogP contribution in [0.15, 0.2) is 35.1 Å². The van der Waals surface area contributed by atoms with Gasteiger partial charge < -0.3 is 18.9 Å². The molecule has 1 aromatic carbocycles. The van der Waals surface area contributed by atoms with Crippen LogP contribution in [0, 0.1) is 0 Å². The van der Waals surface area contributed by atoms with Gasteiger partial charge >= 0.3 is 5.97 Å². The molecule has 2 heterocycles. The molecule has 174 valence electrons. The summed E-state index contributed by atoms with van der Waals surface area (Å²) in [6, 6.07) is 10.1. The lowest BCUT2D eigenvalue weighted by atomic mass is 10.1. The van der Waals surface area contributed by atoms with Gasteiger partial charge in [0.25, 0.3) is 5.56 Å². The second kappa shape index (κ2) is 10.7. The molecule has 0 N–H and O–H groups in total. The molecule has 3 rings (SSSR count). The van der Waals surface area contributed by atoms with E-state index < -0.39 is 5.97 Å². The zero-order valence-corrected chi connectivity index (χ0v) is 19.9. The average molecular weight is 442 g/mol. The summed E-state index contributed by atoms with van der Waals surface area (Å²) in [4.78, 5) is 30.0. The summed E-state index contributed by atoms with van der Waals surface area (Å²) >= 11 is 0. The van der Waals surface area contributed by atoms with E-state index in [2.05, 4.69) is 47.9 Å². The van der Waals surface area contributed by atoms with Crippen molar-refractivity contribution in [3.8, 4) is 5.75 Å². The number of benzene rings is 1. The topological polar surface area (TPSA) is 64.0 Å². The Morgan fingerprint density at radius 3 is 2.38 bits per heavy atom. The molecular weight excluding hydrogens is 406 g/mol. The number of fused-ring (bicyclic) bond motifs is 1. The molecular formula is C25H35N3O4. The van der Waals surface area contributed by atoms with Gasteiger partial charge in [-0.15, -0.1) is 0 Å². The highest BCUT2D eigenvalue weighted by Crippen LogP contribution is 2.25. The summed E-state index contributed by atoms with van der Waals surface area (Å²) in [7, 11) is 1.36. The number of hydrogen-bond donors (Lipinski definition) is 0. The van der Waals surface area contributed by atoms with Gasteiger partial charge in [0.2, 0.25) is 0 Å². The Bertz CT molecular complexity index is 978. The fraction of sp³-hybridized carbons (Fsp3) is 0.520. The van der Waals surface area contributed by atoms with E-state index in [-0.39, 0.29) is 11.7 Å². The van der Waals surface area contributed by atoms with E-state index in [1.54, 1.807) is 4.57 Å². The van der Waals surface area contributed by atoms with Crippen LogP contribution in [0.3, 0.4) is 0 Å². The Labute approximate surface area is 190 Å². The largest absolute Gasteiger partial charge is 0.490 e. The molecule has 0 amide bonds. The number of esters is 1. The third kappa shape index (κ3) is 5.33. The normalized spacial score (nSPS) is 14.1. The standard InChI is InChI=1S/C25H35N3O4/c1-6-27(7-2)20-10-8-19(9-11-20)17-26-13-12-21-24(25(30)31-5)22(32-18(3)4)16-23(29)28(21)15-14-26/h8-11,16,18H,6-7,12-15,17H2,1-5H3. The number of methoxy groups -OCH3 is 1. The van der Waals surface area contributed by atoms with E-state index in [4.69, 9.17) is 9.47 Å². The van der Waals surface area contributed by atoms with Crippen molar-refractivity contribution in [3.63, 3.8) is 0 Å². The molecule has 1 aromatic heterocycles. The van der Waals surface area contributed by atoms with Crippen molar-refractivity contribution in [1.29, 1.82) is 0 Å². The maximum atomic E-state index is 12.8. The predicted octanol–water partition coefficient (Wildman–Crippen LogP) is 3.33. The van der Waals surface area contributed by atoms with Gasteiger partial charge in [0.05, 0.1) is 13.2 Å². The Morgan fingerprint density at radius 1 is 1.09 bits per heavy atom. The lowest BCUT2D eigenvalue weighted by molar-refractivity contribution is 0.0591. The maximum Gasteiger partial charge on any atom is 0.343 e. The van der Waals surface area contributed by atoms with E-state index >= 15 is 0 Å². The predicted molar refractivity (Wildman–Crippen MR) is 127 cm³/mol. The molecule has 0 saturated heterocycles. The van der Waals surface area contributed by atoms with Crippen LogP contribution in [0.1, 0.15) is 49.3 Å². The summed E-state index contributed by atoms with van der Waals surface area (Å²) < 4.78 is 12.5. The molecule has 0 radical (unpaired) electrons. The number of carbonyl (C=O) groups is 1. The lowest BCUT2D eigenvalue weighted by Crippen LogP contribution is -2.29. The van der Waals surface area contributed by atoms with Crippen LogP contribution in [0.2, 0.25) is 0 Å². The Balaban J connectivity index is 1.81. The molecule has 0 spiro atoms. The third-order valence-electron chi connectivity index (χ3n) is 5.91. The van der Waals surface area contributed by atoms with Gasteiger partial charge in [0.1, 0.15) is 11.3 Å². The molecule has 1 aliphatic heterocycles. The van der Waals surface area contributed by atoms with Gasteiger partial charge in [-0.2, -0.15) is 0 Å². The number of pyridine rings is 1. The van der Waals surface area contributed by atoms with Crippen molar-refractivity contribution in [2.45, 2.75) is 53.3 Å². The number of carbonyl (C=O) groups excluding carboxylic acids is 1. The maximum absolute atomic E-state index is 12.8. The Hall–Kier alpha value is -2.80. The molecule has 0 saturated carbocycles. The highest BCUT2D eigenvalue weighted by atomic mass is 16.5. The van der Waals surface area contributed by atoms with Crippen LogP contribution in [-0.2, 0) is 24.2 Å². The second-order valence-electron chi connectivity index (χ2n) is 8.34. The molecule has 0 aliphatic carbocycles. The van der Waals surface area contributed by atoms with Crippen LogP contribution in [0.4, 0.5) is 5.69 Å². The van der Waals surface area contributed by atoms with Gasteiger partial charge in [-0.05, 0) is 45.4 Å². The molecule has 7 heteroatoms. The van der Waals surface area contributed by atoms with Crippen molar-refractivity contribution in [1.82, 2.24) is 9.47 Å². The van der Waals surface area contributed by atoms with Crippen molar-refractivity contribution in [2.75, 3.05) is 38.2 Å². The minimum absolute atomic E-state index is 0.145. The van der Waals surface area contributed by atoms with Crippen molar-refractivity contribution in [2.24, 2.45) is 0 Å². The highest BCUT2D eigenvalue weighted by molar-refractivity contribution is 5.93. The van der Waals surface area contributed by atoms with Crippen molar-refractivity contribution < 1.29 is 14.3 Å². The first-order chi connectivity index (χ1) is 15.4. The van der Waals surface area contributed by atoms with E-state index in [9.17, 15) is 9.59 Å². The minimum Gasteiger partial charge on any atom is -0.490 e. The number of rotatable bonds is 8. The smallest absolute Gasteiger partial charge is 0.343 e. The molecule has 0 fully saturated rings. The Morgan fingerprint density at radius 2 is 1.78 bits per heavy atom. The fourth-order valence-corrected chi connectivity index (χ4v) is 4.28. The van der Waals surface area contributed by atoms with E-state index in [1.165, 1.54) is 24.4 Å². The van der Waals surface area contributed by atoms with Gasteiger partial charge in [-0.25, -0.2) is 4.79 Å². The molecule has 0 atom stereocenters. The van der Waals surface area contributed by atoms with Crippen LogP contribution in [-0.4, -0.2) is 54.8 Å². The lowest BCUT2D eigenvalue weighted by Gasteiger charge is -2.22. The first kappa shape index (κ1) is 23.9. The molecule has 7 nitrogen and oxygen atoms in total. The van der Waals surface area contributed by atoms with E-state index in [0.29, 0.717) is 30.0 Å².